The molecule has 0 heterocycles. The molecule has 0 amide bonds. The normalized spacial score (nSPS) is 19.6. The zero-order chi connectivity index (χ0) is 14.6. The molecule has 20 heavy (non-hydrogen) atoms. The van der Waals surface area contributed by atoms with Gasteiger partial charge in [0, 0.05) is 16.2 Å². The molecule has 2 N–H and O–H groups in total. The Morgan fingerprint density at radius 1 is 1.10 bits per heavy atom. The van der Waals surface area contributed by atoms with Gasteiger partial charge in [-0.1, -0.05) is 26.7 Å². The maximum Gasteiger partial charge on any atom is 0.123 e. The third kappa shape index (κ3) is 3.37. The Labute approximate surface area is 126 Å². The molecular weight excluding hydrogens is 269 g/mol. The van der Waals surface area contributed by atoms with Crippen LogP contribution in [0.25, 0.3) is 0 Å². The molecule has 0 unspecified atom stereocenters. The van der Waals surface area contributed by atoms with E-state index in [4.69, 9.17) is 5.73 Å². The highest BCUT2D eigenvalue weighted by molar-refractivity contribution is 8.00. The molecule has 2 rings (SSSR count). The van der Waals surface area contributed by atoms with Crippen molar-refractivity contribution in [1.29, 1.82) is 0 Å². The lowest BCUT2D eigenvalue weighted by molar-refractivity contribution is 0.0614. The van der Waals surface area contributed by atoms with Crippen molar-refractivity contribution in [1.82, 2.24) is 0 Å². The van der Waals surface area contributed by atoms with Crippen molar-refractivity contribution in [2.75, 3.05) is 6.54 Å². The Kier molecular flexibility index (Phi) is 5.14. The van der Waals surface area contributed by atoms with Crippen LogP contribution in [-0.2, 0) is 0 Å². The second-order valence-corrected chi connectivity index (χ2v) is 7.84. The number of hydrogen-bond acceptors (Lipinski definition) is 2. The highest BCUT2D eigenvalue weighted by Gasteiger charge is 2.52. The first-order valence-electron chi connectivity index (χ1n) is 7.72. The summed E-state index contributed by atoms with van der Waals surface area (Å²) in [6.45, 7) is 5.25. The van der Waals surface area contributed by atoms with Crippen LogP contribution in [0.2, 0.25) is 0 Å². The van der Waals surface area contributed by atoms with E-state index in [0.29, 0.717) is 12.0 Å². The van der Waals surface area contributed by atoms with Crippen LogP contribution < -0.4 is 5.73 Å². The van der Waals surface area contributed by atoms with Gasteiger partial charge in [0.05, 0.1) is 0 Å². The zero-order valence-electron chi connectivity index (χ0n) is 12.6. The van der Waals surface area contributed by atoms with Gasteiger partial charge in [-0.3, -0.25) is 0 Å². The molecule has 3 heteroatoms. The molecule has 0 spiro atoms. The van der Waals surface area contributed by atoms with Gasteiger partial charge in [0.15, 0.2) is 0 Å². The fraction of sp³-hybridized carbons (Fsp3) is 0.647. The average molecular weight is 295 g/mol. The second kappa shape index (κ2) is 6.48. The first kappa shape index (κ1) is 15.8. The third-order valence-electron chi connectivity index (χ3n) is 4.48. The average Bonchev–Trinajstić information content (AvgIpc) is 2.40. The summed E-state index contributed by atoms with van der Waals surface area (Å²) < 4.78 is 13.2. The molecule has 0 aliphatic heterocycles. The van der Waals surface area contributed by atoms with E-state index >= 15 is 0 Å². The van der Waals surface area contributed by atoms with Crippen LogP contribution in [0, 0.1) is 11.2 Å². The van der Waals surface area contributed by atoms with E-state index in [1.807, 2.05) is 23.9 Å². The van der Waals surface area contributed by atoms with Crippen molar-refractivity contribution in [2.24, 2.45) is 11.1 Å². The van der Waals surface area contributed by atoms with Crippen LogP contribution in [-0.4, -0.2) is 11.3 Å². The van der Waals surface area contributed by atoms with Gasteiger partial charge in [0.2, 0.25) is 0 Å². The number of hydrogen-bond donors (Lipinski definition) is 1. The molecule has 0 saturated heterocycles. The van der Waals surface area contributed by atoms with Crippen LogP contribution in [0.1, 0.15) is 52.4 Å². The van der Waals surface area contributed by atoms with E-state index < -0.39 is 0 Å². The number of rotatable bonds is 7. The number of benzene rings is 1. The first-order valence-corrected chi connectivity index (χ1v) is 8.53. The minimum Gasteiger partial charge on any atom is -0.329 e. The van der Waals surface area contributed by atoms with Gasteiger partial charge in [-0.05, 0) is 55.4 Å². The lowest BCUT2D eigenvalue weighted by Crippen LogP contribution is -2.53. The Hall–Kier alpha value is -0.540. The topological polar surface area (TPSA) is 26.0 Å². The minimum atomic E-state index is -0.170. The van der Waals surface area contributed by atoms with Gasteiger partial charge >= 0.3 is 0 Å². The summed E-state index contributed by atoms with van der Waals surface area (Å²) in [5, 5.41) is 0. The van der Waals surface area contributed by atoms with E-state index in [9.17, 15) is 4.39 Å². The van der Waals surface area contributed by atoms with E-state index in [1.165, 1.54) is 50.7 Å². The fourth-order valence-electron chi connectivity index (χ4n) is 3.87. The summed E-state index contributed by atoms with van der Waals surface area (Å²) in [4.78, 5) is 1.14. The maximum atomic E-state index is 13.0. The van der Waals surface area contributed by atoms with Gasteiger partial charge in [0.25, 0.3) is 0 Å². The minimum absolute atomic E-state index is 0.169. The largest absolute Gasteiger partial charge is 0.329 e. The van der Waals surface area contributed by atoms with Crippen LogP contribution in [0.3, 0.4) is 0 Å². The smallest absolute Gasteiger partial charge is 0.123 e. The van der Waals surface area contributed by atoms with E-state index in [-0.39, 0.29) is 10.6 Å². The van der Waals surface area contributed by atoms with Crippen LogP contribution in [0.5, 0.6) is 0 Å². The quantitative estimate of drug-likeness (QED) is 0.766. The predicted octanol–water partition coefficient (Wildman–Crippen LogP) is 5.00. The van der Waals surface area contributed by atoms with E-state index in [0.717, 1.165) is 4.90 Å². The third-order valence-corrected chi connectivity index (χ3v) is 5.87. The highest BCUT2D eigenvalue weighted by atomic mass is 32.2. The summed E-state index contributed by atoms with van der Waals surface area (Å²) in [7, 11) is 0. The van der Waals surface area contributed by atoms with Gasteiger partial charge in [-0.2, -0.15) is 0 Å². The molecule has 1 aromatic carbocycles. The summed E-state index contributed by atoms with van der Waals surface area (Å²) in [5.74, 6) is -0.170. The van der Waals surface area contributed by atoms with E-state index in [1.54, 1.807) is 0 Å². The Morgan fingerprint density at radius 3 is 2.10 bits per heavy atom. The van der Waals surface area contributed by atoms with Crippen molar-refractivity contribution >= 4 is 11.8 Å². The van der Waals surface area contributed by atoms with Gasteiger partial charge < -0.3 is 5.73 Å². The second-order valence-electron chi connectivity index (χ2n) is 6.30. The Balaban J connectivity index is 2.04. The standard InChI is InChI=1S/C17H26FNS/c1-3-9-16(10-4-2)11-17(12-16,13-19)20-15-7-5-14(18)6-8-15/h5-8H,3-4,9-13,19H2,1-2H3. The molecule has 1 aliphatic carbocycles. The van der Waals surface area contributed by atoms with Crippen LogP contribution in [0.4, 0.5) is 4.39 Å². The monoisotopic (exact) mass is 295 g/mol. The molecule has 1 saturated carbocycles. The van der Waals surface area contributed by atoms with Crippen molar-refractivity contribution in [3.63, 3.8) is 0 Å². The van der Waals surface area contributed by atoms with Gasteiger partial charge in [-0.25, -0.2) is 4.39 Å². The van der Waals surface area contributed by atoms with Crippen molar-refractivity contribution < 1.29 is 4.39 Å². The summed E-state index contributed by atoms with van der Waals surface area (Å²) in [5.41, 5.74) is 6.57. The summed E-state index contributed by atoms with van der Waals surface area (Å²) in [6, 6.07) is 6.82. The van der Waals surface area contributed by atoms with Crippen molar-refractivity contribution in [3.05, 3.63) is 30.1 Å². The molecule has 0 radical (unpaired) electrons. The zero-order valence-corrected chi connectivity index (χ0v) is 13.4. The summed E-state index contributed by atoms with van der Waals surface area (Å²) in [6.07, 6.45) is 7.54. The van der Waals surface area contributed by atoms with E-state index in [2.05, 4.69) is 13.8 Å². The molecule has 112 valence electrons. The maximum absolute atomic E-state index is 13.0. The SMILES string of the molecule is CCCC1(CCC)CC(CN)(Sc2ccc(F)cc2)C1. The lowest BCUT2D eigenvalue weighted by atomic mass is 9.57. The van der Waals surface area contributed by atoms with Crippen LogP contribution in [0.15, 0.2) is 29.2 Å². The summed E-state index contributed by atoms with van der Waals surface area (Å²) >= 11 is 1.85. The van der Waals surface area contributed by atoms with Gasteiger partial charge in [-0.15, -0.1) is 11.8 Å². The number of thioether (sulfide) groups is 1. The molecular formula is C17H26FNS. The molecule has 0 aromatic heterocycles. The highest BCUT2D eigenvalue weighted by Crippen LogP contribution is 2.61. The fourth-order valence-corrected chi connectivity index (χ4v) is 5.48. The van der Waals surface area contributed by atoms with Crippen molar-refractivity contribution in [3.8, 4) is 0 Å². The number of nitrogens with two attached hydrogens (primary N) is 1. The molecule has 0 atom stereocenters. The molecule has 1 aliphatic rings. The van der Waals surface area contributed by atoms with Crippen LogP contribution >= 0.6 is 11.8 Å². The van der Waals surface area contributed by atoms with Gasteiger partial charge in [0.1, 0.15) is 5.82 Å². The molecule has 1 nitrogen and oxygen atoms in total. The Bertz CT molecular complexity index is 415. The predicted molar refractivity (Wildman–Crippen MR) is 85.5 cm³/mol. The molecule has 1 fully saturated rings. The Morgan fingerprint density at radius 2 is 1.65 bits per heavy atom. The first-order chi connectivity index (χ1) is 9.57. The lowest BCUT2D eigenvalue weighted by Gasteiger charge is -2.56. The molecule has 1 aromatic rings. The van der Waals surface area contributed by atoms with Crippen molar-refractivity contribution in [2.45, 2.75) is 62.0 Å². The molecule has 0 bridgehead atoms. The number of halogens is 1.